The molecule has 0 saturated carbocycles. The van der Waals surface area contributed by atoms with Crippen LogP contribution in [-0.4, -0.2) is 6.18 Å². The van der Waals surface area contributed by atoms with E-state index in [4.69, 9.17) is 5.26 Å². The Bertz CT molecular complexity index is 79.9. The van der Waals surface area contributed by atoms with Crippen LogP contribution in [0, 0.1) is 11.3 Å². The molecule has 7 heavy (non-hydrogen) atoms. The Morgan fingerprint density at radius 3 is 1.43 bits per heavy atom. The molecule has 0 atom stereocenters. The first-order valence-corrected chi connectivity index (χ1v) is 1.04. The Labute approximate surface area is 53.6 Å². The van der Waals surface area contributed by atoms with Gasteiger partial charge in [0, 0.05) is 0 Å². The van der Waals surface area contributed by atoms with Crippen molar-refractivity contribution < 1.29 is 35.6 Å². The van der Waals surface area contributed by atoms with Crippen molar-refractivity contribution in [3.63, 3.8) is 0 Å². The SMILES string of the molecule is N#CC(F)(F)F.[Ag+]. The molecule has 0 aliphatic rings. The quantitative estimate of drug-likeness (QED) is 0.540. The monoisotopic (exact) mass is 202 g/mol. The third-order valence-corrected chi connectivity index (χ3v) is 0.127. The maximum Gasteiger partial charge on any atom is 1.00 e. The van der Waals surface area contributed by atoms with Crippen molar-refractivity contribution in [1.29, 1.82) is 5.26 Å². The summed E-state index contributed by atoms with van der Waals surface area (Å²) >= 11 is 0. The van der Waals surface area contributed by atoms with Crippen molar-refractivity contribution in [3.8, 4) is 6.07 Å². The van der Waals surface area contributed by atoms with E-state index in [0.29, 0.717) is 0 Å². The Hall–Kier alpha value is 0.0203. The van der Waals surface area contributed by atoms with E-state index in [1.807, 2.05) is 0 Å². The predicted octanol–water partition coefficient (Wildman–Crippen LogP) is 1.07. The molecule has 0 rings (SSSR count). The first-order chi connectivity index (χ1) is 2.56. The molecule has 0 radical (unpaired) electrons. The molecule has 44 valence electrons. The van der Waals surface area contributed by atoms with Crippen LogP contribution in [0.4, 0.5) is 13.2 Å². The molecule has 5 heteroatoms. The molecule has 0 aliphatic heterocycles. The van der Waals surface area contributed by atoms with Crippen LogP contribution in [0.3, 0.4) is 0 Å². The van der Waals surface area contributed by atoms with Gasteiger partial charge in [-0.2, -0.15) is 18.4 Å². The van der Waals surface area contributed by atoms with Crippen LogP contribution >= 0.6 is 0 Å². The molecule has 0 aromatic carbocycles. The summed E-state index contributed by atoms with van der Waals surface area (Å²) in [4.78, 5) is 0. The van der Waals surface area contributed by atoms with Gasteiger partial charge in [0.1, 0.15) is 0 Å². The third-order valence-electron chi connectivity index (χ3n) is 0.127. The van der Waals surface area contributed by atoms with Gasteiger partial charge in [-0.25, -0.2) is 0 Å². The fourth-order valence-electron chi connectivity index (χ4n) is 0. The van der Waals surface area contributed by atoms with E-state index in [2.05, 4.69) is 0 Å². The van der Waals surface area contributed by atoms with E-state index in [1.54, 1.807) is 0 Å². The minimum absolute atomic E-state index is 0. The van der Waals surface area contributed by atoms with Crippen molar-refractivity contribution in [1.82, 2.24) is 0 Å². The second-order valence-corrected chi connectivity index (χ2v) is 0.610. The number of nitriles is 1. The van der Waals surface area contributed by atoms with E-state index in [1.165, 1.54) is 0 Å². The van der Waals surface area contributed by atoms with Gasteiger partial charge in [-0.3, -0.25) is 0 Å². The van der Waals surface area contributed by atoms with E-state index in [0.717, 1.165) is 0 Å². The molecule has 0 saturated heterocycles. The third kappa shape index (κ3) is 10.7. The van der Waals surface area contributed by atoms with Crippen LogP contribution in [0.5, 0.6) is 0 Å². The molecule has 0 aromatic heterocycles. The first kappa shape index (κ1) is 10.1. The summed E-state index contributed by atoms with van der Waals surface area (Å²) in [5, 5.41) is 7.03. The van der Waals surface area contributed by atoms with Crippen LogP contribution in [0.1, 0.15) is 0 Å². The van der Waals surface area contributed by atoms with E-state index in [-0.39, 0.29) is 28.4 Å². The van der Waals surface area contributed by atoms with Crippen LogP contribution in [0.15, 0.2) is 0 Å². The molecular formula is C2AgF3N+. The van der Waals surface area contributed by atoms with Gasteiger partial charge in [0.15, 0.2) is 6.07 Å². The number of alkyl halides is 3. The van der Waals surface area contributed by atoms with Gasteiger partial charge in [0.2, 0.25) is 0 Å². The smallest absolute Gasteiger partial charge is 0.188 e. The molecule has 0 aromatic rings. The Morgan fingerprint density at radius 1 is 1.29 bits per heavy atom. The molecule has 1 nitrogen and oxygen atoms in total. The molecule has 0 fully saturated rings. The first-order valence-electron chi connectivity index (χ1n) is 1.04. The molecule has 0 amide bonds. The van der Waals surface area contributed by atoms with Crippen molar-refractivity contribution >= 4 is 0 Å². The van der Waals surface area contributed by atoms with Gasteiger partial charge in [-0.15, -0.1) is 0 Å². The van der Waals surface area contributed by atoms with Crippen LogP contribution in [0.25, 0.3) is 0 Å². The number of rotatable bonds is 0. The van der Waals surface area contributed by atoms with Crippen molar-refractivity contribution in [3.05, 3.63) is 0 Å². The van der Waals surface area contributed by atoms with Crippen molar-refractivity contribution in [2.75, 3.05) is 0 Å². The topological polar surface area (TPSA) is 23.8 Å². The maximum absolute atomic E-state index is 10.4. The Kier molecular flexibility index (Phi) is 4.44. The summed E-state index contributed by atoms with van der Waals surface area (Å²) < 4.78 is 31.3. The summed E-state index contributed by atoms with van der Waals surface area (Å²) in [7, 11) is 0. The largest absolute Gasteiger partial charge is 1.00 e. The zero-order chi connectivity index (χ0) is 5.21. The number of halogens is 3. The van der Waals surface area contributed by atoms with Gasteiger partial charge in [0.05, 0.1) is 0 Å². The minimum Gasteiger partial charge on any atom is -0.188 e. The Morgan fingerprint density at radius 2 is 1.43 bits per heavy atom. The molecule has 0 N–H and O–H groups in total. The molecule has 0 heterocycles. The van der Waals surface area contributed by atoms with Gasteiger partial charge in [-0.1, -0.05) is 0 Å². The molecular weight excluding hydrogens is 203 g/mol. The average Bonchev–Trinajstić information content (AvgIpc) is 1.35. The standard InChI is InChI=1S/C2F3N.Ag/c3-2(4,5)1-6;/q;+1. The summed E-state index contributed by atoms with van der Waals surface area (Å²) in [6.45, 7) is 0. The molecule has 0 bridgehead atoms. The van der Waals surface area contributed by atoms with E-state index in [9.17, 15) is 13.2 Å². The van der Waals surface area contributed by atoms with Gasteiger partial charge >= 0.3 is 28.6 Å². The second-order valence-electron chi connectivity index (χ2n) is 0.610. The summed E-state index contributed by atoms with van der Waals surface area (Å²) in [5.74, 6) is 0. The number of hydrogen-bond donors (Lipinski definition) is 0. The number of hydrogen-bond acceptors (Lipinski definition) is 1. The zero-order valence-corrected chi connectivity index (χ0v) is 4.36. The Balaban J connectivity index is 0. The summed E-state index contributed by atoms with van der Waals surface area (Å²) in [6.07, 6.45) is -4.65. The van der Waals surface area contributed by atoms with E-state index >= 15 is 0 Å². The molecule has 0 unspecified atom stereocenters. The fourth-order valence-corrected chi connectivity index (χ4v) is 0. The van der Waals surface area contributed by atoms with E-state index < -0.39 is 6.18 Å². The second kappa shape index (κ2) is 3.08. The van der Waals surface area contributed by atoms with Gasteiger partial charge in [-0.05, 0) is 0 Å². The summed E-state index contributed by atoms with van der Waals surface area (Å²) in [5.41, 5.74) is 0. The molecule has 0 spiro atoms. The average molecular weight is 203 g/mol. The summed E-state index contributed by atoms with van der Waals surface area (Å²) in [6, 6.07) is 0.104. The normalized spacial score (nSPS) is 8.86. The van der Waals surface area contributed by atoms with Crippen LogP contribution < -0.4 is 0 Å². The van der Waals surface area contributed by atoms with Gasteiger partial charge < -0.3 is 0 Å². The minimum atomic E-state index is -4.65. The predicted molar refractivity (Wildman–Crippen MR) is 11.7 cm³/mol. The molecule has 0 aliphatic carbocycles. The van der Waals surface area contributed by atoms with Crippen molar-refractivity contribution in [2.45, 2.75) is 6.18 Å². The van der Waals surface area contributed by atoms with Gasteiger partial charge in [0.25, 0.3) is 0 Å². The fraction of sp³-hybridized carbons (Fsp3) is 0.500. The van der Waals surface area contributed by atoms with Crippen LogP contribution in [-0.2, 0) is 22.4 Å². The van der Waals surface area contributed by atoms with Crippen LogP contribution in [0.2, 0.25) is 0 Å². The van der Waals surface area contributed by atoms with Crippen molar-refractivity contribution in [2.24, 2.45) is 0 Å². The maximum atomic E-state index is 10.4. The zero-order valence-electron chi connectivity index (χ0n) is 2.88. The number of nitrogens with zero attached hydrogens (tertiary/aromatic N) is 1.